The molecule has 0 spiro atoms. The lowest BCUT2D eigenvalue weighted by Crippen LogP contribution is -2.23. The summed E-state index contributed by atoms with van der Waals surface area (Å²) in [4.78, 5) is 23.3. The molecule has 0 fully saturated rings. The Morgan fingerprint density at radius 1 is 1.29 bits per heavy atom. The van der Waals surface area contributed by atoms with Crippen molar-refractivity contribution in [2.24, 2.45) is 0 Å². The van der Waals surface area contributed by atoms with Crippen LogP contribution in [-0.2, 0) is 11.3 Å². The molecule has 0 radical (unpaired) electrons. The summed E-state index contributed by atoms with van der Waals surface area (Å²) in [5.74, 6) is 0.568. The number of hydrogen-bond acceptors (Lipinski definition) is 4. The first-order valence-electron chi connectivity index (χ1n) is 6.36. The van der Waals surface area contributed by atoms with Gasteiger partial charge in [-0.1, -0.05) is 0 Å². The molecule has 0 atom stereocenters. The number of ether oxygens (including phenoxy) is 1. The zero-order valence-corrected chi connectivity index (χ0v) is 11.8. The molecule has 0 saturated carbocycles. The minimum Gasteiger partial charge on any atom is -0.496 e. The third kappa shape index (κ3) is 3.85. The number of benzene rings is 1. The standard InChI is InChI=1S/C15H16N2O4/c1-10(18)17-11-5-6-14(20-2)13(8-11)15(19)16-9-12-4-3-7-21-12/h3-8H,9H2,1-2H3,(H,16,19)(H,17,18). The maximum atomic E-state index is 12.2. The lowest BCUT2D eigenvalue weighted by molar-refractivity contribution is -0.114. The van der Waals surface area contributed by atoms with Gasteiger partial charge in [-0.25, -0.2) is 0 Å². The van der Waals surface area contributed by atoms with E-state index in [9.17, 15) is 9.59 Å². The molecule has 2 rings (SSSR count). The molecule has 1 aromatic heterocycles. The maximum Gasteiger partial charge on any atom is 0.255 e. The SMILES string of the molecule is COc1ccc(NC(C)=O)cc1C(=O)NCc1ccco1. The van der Waals surface area contributed by atoms with Crippen LogP contribution in [0.2, 0.25) is 0 Å². The van der Waals surface area contributed by atoms with E-state index in [0.29, 0.717) is 22.8 Å². The van der Waals surface area contributed by atoms with E-state index >= 15 is 0 Å². The molecule has 0 bridgehead atoms. The van der Waals surface area contributed by atoms with Crippen LogP contribution in [-0.4, -0.2) is 18.9 Å². The summed E-state index contributed by atoms with van der Waals surface area (Å²) in [6, 6.07) is 8.39. The van der Waals surface area contributed by atoms with E-state index in [1.54, 1.807) is 36.6 Å². The molecule has 0 unspecified atom stereocenters. The lowest BCUT2D eigenvalue weighted by Gasteiger charge is -2.11. The molecule has 2 aromatic rings. The van der Waals surface area contributed by atoms with Gasteiger partial charge in [0.1, 0.15) is 11.5 Å². The van der Waals surface area contributed by atoms with E-state index in [1.807, 2.05) is 0 Å². The fourth-order valence-corrected chi connectivity index (χ4v) is 1.84. The molecule has 21 heavy (non-hydrogen) atoms. The first kappa shape index (κ1) is 14.6. The minimum atomic E-state index is -0.310. The number of amides is 2. The molecule has 0 aliphatic rings. The van der Waals surface area contributed by atoms with Gasteiger partial charge < -0.3 is 19.8 Å². The Morgan fingerprint density at radius 3 is 2.71 bits per heavy atom. The average Bonchev–Trinajstić information content (AvgIpc) is 2.97. The Labute approximate surface area is 122 Å². The van der Waals surface area contributed by atoms with Gasteiger partial charge in [-0.15, -0.1) is 0 Å². The van der Waals surface area contributed by atoms with Gasteiger partial charge in [0.2, 0.25) is 5.91 Å². The molecule has 2 N–H and O–H groups in total. The van der Waals surface area contributed by atoms with Crippen molar-refractivity contribution < 1.29 is 18.7 Å². The minimum absolute atomic E-state index is 0.206. The molecular formula is C15H16N2O4. The highest BCUT2D eigenvalue weighted by atomic mass is 16.5. The summed E-state index contributed by atoms with van der Waals surface area (Å²) in [6.45, 7) is 1.68. The molecule has 2 amide bonds. The zero-order chi connectivity index (χ0) is 15.2. The van der Waals surface area contributed by atoms with Crippen LogP contribution in [0.25, 0.3) is 0 Å². The second kappa shape index (κ2) is 6.60. The summed E-state index contributed by atoms with van der Waals surface area (Å²) in [7, 11) is 1.48. The average molecular weight is 288 g/mol. The van der Waals surface area contributed by atoms with Crippen molar-refractivity contribution in [1.29, 1.82) is 0 Å². The lowest BCUT2D eigenvalue weighted by atomic mass is 10.1. The van der Waals surface area contributed by atoms with Crippen molar-refractivity contribution in [3.8, 4) is 5.75 Å². The van der Waals surface area contributed by atoms with Crippen molar-refractivity contribution in [1.82, 2.24) is 5.32 Å². The van der Waals surface area contributed by atoms with E-state index in [4.69, 9.17) is 9.15 Å². The number of nitrogens with one attached hydrogen (secondary N) is 2. The van der Waals surface area contributed by atoms with Gasteiger partial charge in [-0.05, 0) is 30.3 Å². The largest absolute Gasteiger partial charge is 0.496 e. The molecule has 6 heteroatoms. The van der Waals surface area contributed by atoms with Crippen LogP contribution in [0.5, 0.6) is 5.75 Å². The van der Waals surface area contributed by atoms with E-state index < -0.39 is 0 Å². The van der Waals surface area contributed by atoms with Gasteiger partial charge in [0, 0.05) is 12.6 Å². The van der Waals surface area contributed by atoms with Crippen molar-refractivity contribution in [3.63, 3.8) is 0 Å². The van der Waals surface area contributed by atoms with Gasteiger partial charge >= 0.3 is 0 Å². The van der Waals surface area contributed by atoms with Gasteiger partial charge in [0.25, 0.3) is 5.91 Å². The first-order valence-corrected chi connectivity index (χ1v) is 6.36. The van der Waals surface area contributed by atoms with Crippen LogP contribution in [0.3, 0.4) is 0 Å². The quantitative estimate of drug-likeness (QED) is 0.883. The van der Waals surface area contributed by atoms with E-state index in [0.717, 1.165) is 0 Å². The number of methoxy groups -OCH3 is 1. The summed E-state index contributed by atoms with van der Waals surface area (Å²) in [5.41, 5.74) is 0.877. The van der Waals surface area contributed by atoms with Crippen LogP contribution in [0.1, 0.15) is 23.0 Å². The molecular weight excluding hydrogens is 272 g/mol. The third-order valence-electron chi connectivity index (χ3n) is 2.77. The fourth-order valence-electron chi connectivity index (χ4n) is 1.84. The monoisotopic (exact) mass is 288 g/mol. The molecule has 110 valence electrons. The van der Waals surface area contributed by atoms with Gasteiger partial charge in [-0.3, -0.25) is 9.59 Å². The maximum absolute atomic E-state index is 12.2. The van der Waals surface area contributed by atoms with Crippen LogP contribution in [0.15, 0.2) is 41.0 Å². The van der Waals surface area contributed by atoms with E-state index in [2.05, 4.69) is 10.6 Å². The number of hydrogen-bond donors (Lipinski definition) is 2. The number of anilines is 1. The number of furan rings is 1. The molecule has 1 aromatic carbocycles. The fraction of sp³-hybridized carbons (Fsp3) is 0.200. The Bertz CT molecular complexity index is 635. The van der Waals surface area contributed by atoms with Crippen LogP contribution in [0, 0.1) is 0 Å². The number of rotatable bonds is 5. The van der Waals surface area contributed by atoms with Crippen molar-refractivity contribution in [2.75, 3.05) is 12.4 Å². The van der Waals surface area contributed by atoms with Crippen molar-refractivity contribution >= 4 is 17.5 Å². The highest BCUT2D eigenvalue weighted by Gasteiger charge is 2.13. The van der Waals surface area contributed by atoms with Crippen molar-refractivity contribution in [2.45, 2.75) is 13.5 Å². The van der Waals surface area contributed by atoms with E-state index in [1.165, 1.54) is 14.0 Å². The van der Waals surface area contributed by atoms with Crippen LogP contribution >= 0.6 is 0 Å². The second-order valence-corrected chi connectivity index (χ2v) is 4.36. The topological polar surface area (TPSA) is 80.6 Å². The van der Waals surface area contributed by atoms with Crippen LogP contribution in [0.4, 0.5) is 5.69 Å². The smallest absolute Gasteiger partial charge is 0.255 e. The number of carbonyl (C=O) groups excluding carboxylic acids is 2. The Morgan fingerprint density at radius 2 is 2.10 bits per heavy atom. The second-order valence-electron chi connectivity index (χ2n) is 4.36. The third-order valence-corrected chi connectivity index (χ3v) is 2.77. The van der Waals surface area contributed by atoms with Crippen LogP contribution < -0.4 is 15.4 Å². The summed E-state index contributed by atoms with van der Waals surface area (Å²) in [6.07, 6.45) is 1.54. The van der Waals surface area contributed by atoms with E-state index in [-0.39, 0.29) is 18.4 Å². The predicted octanol–water partition coefficient (Wildman–Crippen LogP) is 2.18. The summed E-state index contributed by atoms with van der Waals surface area (Å²) < 4.78 is 10.3. The van der Waals surface area contributed by atoms with Gasteiger partial charge in [-0.2, -0.15) is 0 Å². The first-order chi connectivity index (χ1) is 10.1. The molecule has 0 aliphatic heterocycles. The van der Waals surface area contributed by atoms with Gasteiger partial charge in [0.05, 0.1) is 25.5 Å². The Hall–Kier alpha value is -2.76. The summed E-state index contributed by atoms with van der Waals surface area (Å²) in [5, 5.41) is 5.36. The molecule has 1 heterocycles. The number of carbonyl (C=O) groups is 2. The highest BCUT2D eigenvalue weighted by Crippen LogP contribution is 2.22. The van der Waals surface area contributed by atoms with Crippen molar-refractivity contribution in [3.05, 3.63) is 47.9 Å². The normalized spacial score (nSPS) is 10.0. The zero-order valence-electron chi connectivity index (χ0n) is 11.8. The molecule has 0 saturated heterocycles. The highest BCUT2D eigenvalue weighted by molar-refractivity contribution is 5.99. The Balaban J connectivity index is 2.15. The Kier molecular flexibility index (Phi) is 4.61. The molecule has 0 aliphatic carbocycles. The molecule has 6 nitrogen and oxygen atoms in total. The predicted molar refractivity (Wildman–Crippen MR) is 77.2 cm³/mol. The van der Waals surface area contributed by atoms with Gasteiger partial charge in [0.15, 0.2) is 0 Å². The summed E-state index contributed by atoms with van der Waals surface area (Å²) >= 11 is 0.